The first kappa shape index (κ1) is 31.8. The van der Waals surface area contributed by atoms with Crippen LogP contribution in [0.15, 0.2) is 59.3 Å². The number of thiophene rings is 1. The van der Waals surface area contributed by atoms with Gasteiger partial charge in [-0.2, -0.15) is 24.5 Å². The first-order valence-corrected chi connectivity index (χ1v) is 27.0. The van der Waals surface area contributed by atoms with Crippen LogP contribution in [-0.2, 0) is 44.5 Å². The second-order valence-electron chi connectivity index (χ2n) is 8.44. The zero-order valence-electron chi connectivity index (χ0n) is 19.1. The first-order chi connectivity index (χ1) is 17.3. The topological polar surface area (TPSA) is 63.2 Å². The Labute approximate surface area is 256 Å². The monoisotopic (exact) mass is 925 g/mol. The van der Waals surface area contributed by atoms with Crippen molar-refractivity contribution >= 4 is 87.1 Å². The molecule has 3 aromatic rings. The maximum atomic E-state index is 13.0. The number of nitrogens with one attached hydrogen (secondary N) is 1. The molecule has 1 N–H and O–H groups in total. The van der Waals surface area contributed by atoms with Crippen LogP contribution in [-0.4, -0.2) is 20.2 Å². The zero-order valence-corrected chi connectivity index (χ0v) is 28.6. The van der Waals surface area contributed by atoms with Gasteiger partial charge in [0.25, 0.3) is 0 Å². The Morgan fingerprint density at radius 2 is 1.73 bits per heavy atom. The van der Waals surface area contributed by atoms with Crippen LogP contribution in [0, 0.1) is 0 Å². The van der Waals surface area contributed by atoms with Crippen LogP contribution in [0.1, 0.15) is 35.1 Å². The summed E-state index contributed by atoms with van der Waals surface area (Å²) in [6, 6.07) is 11.9. The Hall–Kier alpha value is 0.284. The van der Waals surface area contributed by atoms with E-state index in [2.05, 4.69) is 64.7 Å². The van der Waals surface area contributed by atoms with Crippen molar-refractivity contribution in [3.05, 3.63) is 81.5 Å². The fourth-order valence-corrected chi connectivity index (χ4v) is 5.76. The quantitative estimate of drug-likeness (QED) is 0.222. The summed E-state index contributed by atoms with van der Waals surface area (Å²) in [5.41, 5.74) is 2.44. The number of benzene rings is 2. The predicted molar refractivity (Wildman–Crippen MR) is 164 cm³/mol. The molecule has 0 atom stereocenters. The number of ketones is 1. The van der Waals surface area contributed by atoms with Gasteiger partial charge >= 0.3 is 71.0 Å². The van der Waals surface area contributed by atoms with E-state index in [1.165, 1.54) is 23.5 Å². The van der Waals surface area contributed by atoms with E-state index in [0.29, 0.717) is 16.7 Å². The summed E-state index contributed by atoms with van der Waals surface area (Å²) >= 11 is 8.89. The Kier molecular flexibility index (Phi) is 12.3. The number of Topliss-reactive ketones (excluding diaryl/α,β-unsaturated/α-hetero) is 1. The van der Waals surface area contributed by atoms with Gasteiger partial charge in [-0.1, -0.05) is 36.4 Å². The van der Waals surface area contributed by atoms with E-state index in [0.717, 1.165) is 36.1 Å². The summed E-state index contributed by atoms with van der Waals surface area (Å²) in [4.78, 5) is 12.5. The van der Waals surface area contributed by atoms with E-state index in [1.54, 1.807) is 18.2 Å². The molecular formula is C24H22F3I3NO3S2V. The average molecular weight is 925 g/mol. The van der Waals surface area contributed by atoms with Crippen LogP contribution >= 0.6 is 71.3 Å². The van der Waals surface area contributed by atoms with Gasteiger partial charge in [-0.3, -0.25) is 4.79 Å². The van der Waals surface area contributed by atoms with Crippen molar-refractivity contribution in [3.63, 3.8) is 0 Å². The van der Waals surface area contributed by atoms with Crippen molar-refractivity contribution in [2.75, 3.05) is 0 Å². The second-order valence-corrected chi connectivity index (χ2v) is 46.3. The molecule has 200 valence electrons. The predicted octanol–water partition coefficient (Wildman–Crippen LogP) is 8.02. The number of alkyl halides is 3. The third-order valence-corrected chi connectivity index (χ3v) is 7.41. The zero-order chi connectivity index (χ0) is 27.2. The Bertz CT molecular complexity index is 1310. The Balaban J connectivity index is 0.000000886. The van der Waals surface area contributed by atoms with Gasteiger partial charge in [0, 0.05) is 18.9 Å². The molecule has 0 unspecified atom stereocenters. The molecule has 0 spiro atoms. The van der Waals surface area contributed by atoms with Gasteiger partial charge in [0.2, 0.25) is 10.0 Å². The molecule has 4 rings (SSSR count). The van der Waals surface area contributed by atoms with Gasteiger partial charge in [-0.05, 0) is 63.6 Å². The standard InChI is InChI=1S/C24H22F3NO3S2.3HI.V/c25-24(26,27)20-3-1-2-16(11-20)12-22(29)13-19-10-17(15-33(30,31)28-21-5-6-21)4-7-23(19)18-8-9-32-14-18;;;;/h1-4,7-11,14,21,28H,5-6,12-13,15H2;3*1H;/q;;;;+3/p-3. The van der Waals surface area contributed by atoms with E-state index in [1.807, 2.05) is 16.8 Å². The molecule has 1 aromatic heterocycles. The van der Waals surface area contributed by atoms with Crippen LogP contribution in [0.4, 0.5) is 13.2 Å². The van der Waals surface area contributed by atoms with Gasteiger partial charge in [0.05, 0.1) is 11.3 Å². The summed E-state index contributed by atoms with van der Waals surface area (Å²) in [6.07, 6.45) is -2.94. The second kappa shape index (κ2) is 14.3. The summed E-state index contributed by atoms with van der Waals surface area (Å²) in [6.45, 7) is 0. The van der Waals surface area contributed by atoms with Crippen molar-refractivity contribution in [1.82, 2.24) is 4.72 Å². The summed E-state index contributed by atoms with van der Waals surface area (Å²) in [5, 5.41) is 3.84. The fraction of sp³-hybridized carbons (Fsp3) is 0.292. The van der Waals surface area contributed by atoms with Crippen LogP contribution in [0.5, 0.6) is 0 Å². The van der Waals surface area contributed by atoms with E-state index in [9.17, 15) is 26.4 Å². The number of carbonyl (C=O) groups excluding carboxylic acids is 1. The molecule has 2 aromatic carbocycles. The Morgan fingerprint density at radius 1 is 1.03 bits per heavy atom. The van der Waals surface area contributed by atoms with Gasteiger partial charge in [0.15, 0.2) is 0 Å². The number of carbonyl (C=O) groups is 1. The SMILES string of the molecule is O=C(Cc1cccc(C(F)(F)F)c1)Cc1cc(CS(=O)(=O)NC2CC2)ccc1-c1ccsc1.[I][V]([I])[I]. The molecule has 0 amide bonds. The van der Waals surface area contributed by atoms with Crippen LogP contribution in [0.2, 0.25) is 0 Å². The molecule has 13 heteroatoms. The number of sulfonamides is 1. The minimum atomic E-state index is -4.47. The van der Waals surface area contributed by atoms with Crippen LogP contribution < -0.4 is 4.72 Å². The number of halogens is 6. The van der Waals surface area contributed by atoms with E-state index >= 15 is 0 Å². The molecule has 0 radical (unpaired) electrons. The number of hydrogen-bond acceptors (Lipinski definition) is 4. The normalized spacial score (nSPS) is 13.8. The summed E-state index contributed by atoms with van der Waals surface area (Å²) in [5.74, 6) is -0.440. The Morgan fingerprint density at radius 3 is 2.32 bits per heavy atom. The molecule has 4 nitrogen and oxygen atoms in total. The van der Waals surface area contributed by atoms with E-state index < -0.39 is 21.8 Å². The molecule has 1 heterocycles. The first-order valence-electron chi connectivity index (χ1n) is 10.9. The summed E-state index contributed by atoms with van der Waals surface area (Å²) in [7, 11) is -3.49. The summed E-state index contributed by atoms with van der Waals surface area (Å²) < 4.78 is 66.4. The van der Waals surface area contributed by atoms with Crippen molar-refractivity contribution in [3.8, 4) is 11.1 Å². The van der Waals surface area contributed by atoms with Crippen molar-refractivity contribution in [1.29, 1.82) is 0 Å². The van der Waals surface area contributed by atoms with Gasteiger partial charge in [-0.25, -0.2) is 13.1 Å². The molecular weight excluding hydrogens is 903 g/mol. The van der Waals surface area contributed by atoms with Crippen molar-refractivity contribution in [2.24, 2.45) is 0 Å². The molecule has 0 bridgehead atoms. The number of rotatable bonds is 9. The molecule has 1 aliphatic carbocycles. The van der Waals surface area contributed by atoms with Crippen LogP contribution in [0.25, 0.3) is 11.1 Å². The molecule has 37 heavy (non-hydrogen) atoms. The molecule has 1 saturated carbocycles. The van der Waals surface area contributed by atoms with Crippen molar-refractivity contribution < 1.29 is 31.3 Å². The molecule has 0 saturated heterocycles. The van der Waals surface area contributed by atoms with E-state index in [4.69, 9.17) is 0 Å². The third-order valence-electron chi connectivity index (χ3n) is 5.33. The number of hydrogen-bond donors (Lipinski definition) is 1. The van der Waals surface area contributed by atoms with E-state index in [-0.39, 0.29) is 35.3 Å². The van der Waals surface area contributed by atoms with Gasteiger partial charge < -0.3 is 0 Å². The maximum absolute atomic E-state index is 13.0. The van der Waals surface area contributed by atoms with Crippen molar-refractivity contribution in [2.45, 2.75) is 43.7 Å². The van der Waals surface area contributed by atoms with Crippen LogP contribution in [0.3, 0.4) is 0 Å². The fourth-order valence-electron chi connectivity index (χ4n) is 3.66. The van der Waals surface area contributed by atoms with Gasteiger partial charge in [0.1, 0.15) is 5.78 Å². The molecule has 1 aliphatic rings. The van der Waals surface area contributed by atoms with Gasteiger partial charge in [-0.15, -0.1) is 0 Å². The third kappa shape index (κ3) is 11.4. The molecule has 1 fully saturated rings. The minimum absolute atomic E-state index is 0.00795. The average Bonchev–Trinajstić information content (AvgIpc) is 3.40. The molecule has 0 aliphatic heterocycles.